The second kappa shape index (κ2) is 7.62. The maximum Gasteiger partial charge on any atom is 0.137 e. The molecule has 0 saturated carbocycles. The van der Waals surface area contributed by atoms with Crippen molar-refractivity contribution in [3.05, 3.63) is 133 Å². The minimum Gasteiger partial charge on any atom is -0.456 e. The van der Waals surface area contributed by atoms with Gasteiger partial charge in [-0.25, -0.2) is 0 Å². The Morgan fingerprint density at radius 3 is 1.72 bits per heavy atom. The van der Waals surface area contributed by atoms with Crippen molar-refractivity contribution in [2.24, 2.45) is 0 Å². The van der Waals surface area contributed by atoms with Gasteiger partial charge in [0.25, 0.3) is 0 Å². The molecule has 0 aliphatic heterocycles. The van der Waals surface area contributed by atoms with E-state index >= 15 is 0 Å². The van der Waals surface area contributed by atoms with Gasteiger partial charge in [-0.15, -0.1) is 0 Å². The number of benzene rings is 6. The predicted molar refractivity (Wildman–Crippen MR) is 162 cm³/mol. The Bertz CT molecular complexity index is 2390. The van der Waals surface area contributed by atoms with E-state index in [1.807, 2.05) is 12.1 Å². The SMILES string of the molecule is c1ccc(-n2c3ccccc3c3ccc(-n4c5ccccc5c5cc6c(cc54)oc4ccccc46)cc32)cc1. The van der Waals surface area contributed by atoms with Crippen LogP contribution in [0.25, 0.3) is 76.9 Å². The van der Waals surface area contributed by atoms with Crippen LogP contribution >= 0.6 is 0 Å². The van der Waals surface area contributed by atoms with Crippen LogP contribution in [-0.4, -0.2) is 9.13 Å². The molecule has 0 fully saturated rings. The van der Waals surface area contributed by atoms with Gasteiger partial charge in [0.15, 0.2) is 0 Å². The molecule has 0 aliphatic rings. The number of para-hydroxylation sites is 4. The zero-order valence-corrected chi connectivity index (χ0v) is 21.0. The van der Waals surface area contributed by atoms with Gasteiger partial charge in [0.1, 0.15) is 11.2 Å². The minimum absolute atomic E-state index is 0.909. The third-order valence-electron chi connectivity index (χ3n) is 8.10. The molecular weight excluding hydrogens is 476 g/mol. The van der Waals surface area contributed by atoms with Crippen LogP contribution in [0.5, 0.6) is 0 Å². The third-order valence-corrected chi connectivity index (χ3v) is 8.10. The molecule has 0 unspecified atom stereocenters. The van der Waals surface area contributed by atoms with Crippen molar-refractivity contribution >= 4 is 65.6 Å². The van der Waals surface area contributed by atoms with Gasteiger partial charge in [-0.3, -0.25) is 0 Å². The Morgan fingerprint density at radius 1 is 0.333 bits per heavy atom. The van der Waals surface area contributed by atoms with E-state index in [1.54, 1.807) is 0 Å². The smallest absolute Gasteiger partial charge is 0.137 e. The molecule has 182 valence electrons. The zero-order chi connectivity index (χ0) is 25.5. The Hall–Kier alpha value is -5.28. The van der Waals surface area contributed by atoms with E-state index in [0.717, 1.165) is 38.8 Å². The van der Waals surface area contributed by atoms with Crippen LogP contribution in [0.3, 0.4) is 0 Å². The fraction of sp³-hybridized carbons (Fsp3) is 0. The summed E-state index contributed by atoms with van der Waals surface area (Å²) >= 11 is 0. The molecule has 9 aromatic rings. The number of hydrogen-bond donors (Lipinski definition) is 0. The molecule has 3 nitrogen and oxygen atoms in total. The zero-order valence-electron chi connectivity index (χ0n) is 21.0. The monoisotopic (exact) mass is 498 g/mol. The van der Waals surface area contributed by atoms with E-state index in [2.05, 4.69) is 130 Å². The summed E-state index contributed by atoms with van der Waals surface area (Å²) in [6, 6.07) is 47.6. The highest BCUT2D eigenvalue weighted by Gasteiger charge is 2.18. The minimum atomic E-state index is 0.909. The molecule has 0 saturated heterocycles. The molecule has 0 radical (unpaired) electrons. The number of nitrogens with zero attached hydrogens (tertiary/aromatic N) is 2. The third kappa shape index (κ3) is 2.82. The van der Waals surface area contributed by atoms with Crippen molar-refractivity contribution in [3.63, 3.8) is 0 Å². The maximum absolute atomic E-state index is 6.32. The Balaban J connectivity index is 1.41. The van der Waals surface area contributed by atoms with Crippen LogP contribution in [0.4, 0.5) is 0 Å². The van der Waals surface area contributed by atoms with Gasteiger partial charge >= 0.3 is 0 Å². The van der Waals surface area contributed by atoms with Crippen LogP contribution < -0.4 is 0 Å². The van der Waals surface area contributed by atoms with E-state index < -0.39 is 0 Å². The molecule has 0 atom stereocenters. The standard InChI is InChI=1S/C36H22N2O/c1-2-10-23(11-3-1)37-31-15-7-4-12-25(31)27-19-18-24(20-33(27)37)38-32-16-8-5-13-26(32)29-21-30-28-14-6-9-17-35(28)39-36(30)22-34(29)38/h1-22H. The van der Waals surface area contributed by atoms with Gasteiger partial charge in [0.2, 0.25) is 0 Å². The first-order chi connectivity index (χ1) is 19.3. The van der Waals surface area contributed by atoms with Crippen molar-refractivity contribution in [1.29, 1.82) is 0 Å². The molecule has 0 amide bonds. The largest absolute Gasteiger partial charge is 0.456 e. The normalized spacial score (nSPS) is 12.1. The molecule has 6 aromatic carbocycles. The molecule has 0 aliphatic carbocycles. The summed E-state index contributed by atoms with van der Waals surface area (Å²) in [5.41, 5.74) is 8.85. The van der Waals surface area contributed by atoms with Crippen molar-refractivity contribution in [2.75, 3.05) is 0 Å². The van der Waals surface area contributed by atoms with Gasteiger partial charge in [-0.1, -0.05) is 78.9 Å². The lowest BCUT2D eigenvalue weighted by Gasteiger charge is -2.11. The van der Waals surface area contributed by atoms with Crippen LogP contribution in [0.1, 0.15) is 0 Å². The quantitative estimate of drug-likeness (QED) is 0.233. The van der Waals surface area contributed by atoms with Crippen LogP contribution in [-0.2, 0) is 0 Å². The molecule has 0 N–H and O–H groups in total. The summed E-state index contributed by atoms with van der Waals surface area (Å²) < 4.78 is 11.1. The van der Waals surface area contributed by atoms with Gasteiger partial charge in [0, 0.05) is 49.8 Å². The van der Waals surface area contributed by atoms with E-state index in [1.165, 1.54) is 38.1 Å². The predicted octanol–water partition coefficient (Wildman–Crippen LogP) is 9.78. The average Bonchev–Trinajstić information content (AvgIpc) is 3.63. The van der Waals surface area contributed by atoms with Crippen LogP contribution in [0.15, 0.2) is 138 Å². The summed E-state index contributed by atoms with van der Waals surface area (Å²) in [6.45, 7) is 0. The Morgan fingerprint density at radius 2 is 0.923 bits per heavy atom. The van der Waals surface area contributed by atoms with Crippen LogP contribution in [0, 0.1) is 0 Å². The fourth-order valence-corrected chi connectivity index (χ4v) is 6.42. The number of aromatic nitrogens is 2. The van der Waals surface area contributed by atoms with Crippen molar-refractivity contribution in [3.8, 4) is 11.4 Å². The Labute approximate surface area is 223 Å². The van der Waals surface area contributed by atoms with Gasteiger partial charge < -0.3 is 13.6 Å². The molecule has 0 spiro atoms. The first-order valence-electron chi connectivity index (χ1n) is 13.3. The van der Waals surface area contributed by atoms with Crippen molar-refractivity contribution in [1.82, 2.24) is 9.13 Å². The summed E-state index contributed by atoms with van der Waals surface area (Å²) in [5.74, 6) is 0. The molecular formula is C36H22N2O. The highest BCUT2D eigenvalue weighted by Crippen LogP contribution is 2.39. The summed E-state index contributed by atoms with van der Waals surface area (Å²) in [7, 11) is 0. The lowest BCUT2D eigenvalue weighted by molar-refractivity contribution is 0.669. The average molecular weight is 499 g/mol. The fourth-order valence-electron chi connectivity index (χ4n) is 6.42. The van der Waals surface area contributed by atoms with E-state index in [-0.39, 0.29) is 0 Å². The second-order valence-corrected chi connectivity index (χ2v) is 10.2. The van der Waals surface area contributed by atoms with Crippen molar-refractivity contribution < 1.29 is 4.42 Å². The number of hydrogen-bond acceptors (Lipinski definition) is 1. The second-order valence-electron chi connectivity index (χ2n) is 10.2. The van der Waals surface area contributed by atoms with E-state index in [4.69, 9.17) is 4.42 Å². The lowest BCUT2D eigenvalue weighted by Crippen LogP contribution is -1.96. The van der Waals surface area contributed by atoms with Crippen LogP contribution in [0.2, 0.25) is 0 Å². The van der Waals surface area contributed by atoms with Gasteiger partial charge in [-0.05, 0) is 48.5 Å². The Kier molecular flexibility index (Phi) is 4.05. The molecule has 9 rings (SSSR count). The highest BCUT2D eigenvalue weighted by molar-refractivity contribution is 6.17. The number of fused-ring (bicyclic) bond motifs is 9. The molecule has 39 heavy (non-hydrogen) atoms. The summed E-state index contributed by atoms with van der Waals surface area (Å²) in [5, 5.41) is 7.28. The van der Waals surface area contributed by atoms with Crippen molar-refractivity contribution in [2.45, 2.75) is 0 Å². The molecule has 0 bridgehead atoms. The maximum atomic E-state index is 6.32. The number of rotatable bonds is 2. The topological polar surface area (TPSA) is 23.0 Å². The van der Waals surface area contributed by atoms with E-state index in [9.17, 15) is 0 Å². The first kappa shape index (κ1) is 20.7. The summed E-state index contributed by atoms with van der Waals surface area (Å²) in [4.78, 5) is 0. The molecule has 3 heterocycles. The number of furan rings is 1. The lowest BCUT2D eigenvalue weighted by atomic mass is 10.1. The van der Waals surface area contributed by atoms with Gasteiger partial charge in [0.05, 0.1) is 22.1 Å². The molecule has 3 heteroatoms. The highest BCUT2D eigenvalue weighted by atomic mass is 16.3. The first-order valence-corrected chi connectivity index (χ1v) is 13.3. The van der Waals surface area contributed by atoms with E-state index in [0.29, 0.717) is 0 Å². The summed E-state index contributed by atoms with van der Waals surface area (Å²) in [6.07, 6.45) is 0. The molecule has 3 aromatic heterocycles. The van der Waals surface area contributed by atoms with Gasteiger partial charge in [-0.2, -0.15) is 0 Å².